The van der Waals surface area contributed by atoms with Crippen molar-refractivity contribution in [1.82, 2.24) is 4.98 Å². The van der Waals surface area contributed by atoms with E-state index in [9.17, 15) is 0 Å². The zero-order valence-corrected chi connectivity index (χ0v) is 10.1. The number of nitrogens with zero attached hydrogens (tertiary/aromatic N) is 1. The van der Waals surface area contributed by atoms with E-state index in [0.717, 1.165) is 22.6 Å². The van der Waals surface area contributed by atoms with Crippen LogP contribution in [0.3, 0.4) is 0 Å². The van der Waals surface area contributed by atoms with Gasteiger partial charge in [0.25, 0.3) is 0 Å². The zero-order chi connectivity index (χ0) is 12.7. The van der Waals surface area contributed by atoms with Crippen molar-refractivity contribution >= 4 is 11.1 Å². The molecule has 1 aliphatic heterocycles. The third kappa shape index (κ3) is 1.73. The molecule has 0 atom stereocenters. The summed E-state index contributed by atoms with van der Waals surface area (Å²) in [6.45, 7) is 1.14. The fraction of sp³-hybridized carbons (Fsp3) is 0.133. The summed E-state index contributed by atoms with van der Waals surface area (Å²) in [7, 11) is 0. The second kappa shape index (κ2) is 4.02. The van der Waals surface area contributed by atoms with Gasteiger partial charge in [0, 0.05) is 17.7 Å². The lowest BCUT2D eigenvalue weighted by molar-refractivity contribution is 0.172. The highest BCUT2D eigenvalue weighted by Crippen LogP contribution is 2.36. The summed E-state index contributed by atoms with van der Waals surface area (Å²) in [6, 6.07) is 13.5. The highest BCUT2D eigenvalue weighted by molar-refractivity contribution is 5.80. The number of rotatable bonds is 1. The second-order valence-electron chi connectivity index (χ2n) is 4.35. The summed E-state index contributed by atoms with van der Waals surface area (Å²) in [5.74, 6) is 2.05. The highest BCUT2D eigenvalue weighted by atomic mass is 16.6. The van der Waals surface area contributed by atoms with E-state index in [2.05, 4.69) is 4.98 Å². The number of benzene rings is 2. The molecule has 0 amide bonds. The van der Waals surface area contributed by atoms with Crippen LogP contribution < -0.4 is 9.47 Å². The van der Waals surface area contributed by atoms with Crippen molar-refractivity contribution < 1.29 is 13.9 Å². The predicted molar refractivity (Wildman–Crippen MR) is 70.4 cm³/mol. The number of aromatic nitrogens is 1. The van der Waals surface area contributed by atoms with E-state index < -0.39 is 0 Å². The quantitative estimate of drug-likeness (QED) is 0.667. The summed E-state index contributed by atoms with van der Waals surface area (Å²) >= 11 is 0. The molecule has 0 aliphatic carbocycles. The van der Waals surface area contributed by atoms with Crippen LogP contribution in [0.15, 0.2) is 46.9 Å². The molecule has 3 aromatic rings. The van der Waals surface area contributed by atoms with Gasteiger partial charge in [-0.15, -0.1) is 0 Å². The van der Waals surface area contributed by atoms with Crippen LogP contribution in [-0.2, 0) is 0 Å². The summed E-state index contributed by atoms with van der Waals surface area (Å²) in [4.78, 5) is 4.49. The normalized spacial score (nSPS) is 13.7. The number of oxazole rings is 1. The van der Waals surface area contributed by atoms with Crippen molar-refractivity contribution in [3.8, 4) is 23.0 Å². The van der Waals surface area contributed by atoms with Crippen molar-refractivity contribution in [3.63, 3.8) is 0 Å². The largest absolute Gasteiger partial charge is 0.486 e. The van der Waals surface area contributed by atoms with Crippen LogP contribution in [0.1, 0.15) is 0 Å². The summed E-state index contributed by atoms with van der Waals surface area (Å²) in [5, 5.41) is 0. The Bertz CT molecular complexity index is 691. The first-order chi connectivity index (χ1) is 9.40. The molecule has 0 saturated carbocycles. The molecule has 1 aliphatic rings. The first kappa shape index (κ1) is 10.4. The van der Waals surface area contributed by atoms with E-state index in [0.29, 0.717) is 24.7 Å². The standard InChI is InChI=1S/C15H11NO3/c1-2-4-10(5-3-1)15-16-11-8-13-14(9-12(11)19-15)18-7-6-17-13/h1-5,8-9H,6-7H2. The van der Waals surface area contributed by atoms with Gasteiger partial charge >= 0.3 is 0 Å². The van der Waals surface area contributed by atoms with Crippen LogP contribution in [0.25, 0.3) is 22.6 Å². The SMILES string of the molecule is c1ccc(-c2nc3cc4c(cc3o2)OCCO4)cc1. The van der Waals surface area contributed by atoms with E-state index in [1.807, 2.05) is 42.5 Å². The van der Waals surface area contributed by atoms with Gasteiger partial charge in [-0.3, -0.25) is 0 Å². The predicted octanol–water partition coefficient (Wildman–Crippen LogP) is 3.27. The number of fused-ring (bicyclic) bond motifs is 2. The zero-order valence-electron chi connectivity index (χ0n) is 10.1. The average Bonchev–Trinajstić information content (AvgIpc) is 2.88. The molecule has 0 bridgehead atoms. The molecule has 4 heteroatoms. The molecule has 2 aromatic carbocycles. The molecule has 0 N–H and O–H groups in total. The van der Waals surface area contributed by atoms with E-state index in [1.165, 1.54) is 0 Å². The maximum absolute atomic E-state index is 5.77. The molecule has 4 nitrogen and oxygen atoms in total. The maximum atomic E-state index is 5.77. The first-order valence-corrected chi connectivity index (χ1v) is 6.16. The van der Waals surface area contributed by atoms with Gasteiger partial charge < -0.3 is 13.9 Å². The molecule has 1 aromatic heterocycles. The van der Waals surface area contributed by atoms with Gasteiger partial charge in [0.15, 0.2) is 17.1 Å². The molecule has 0 saturated heterocycles. The van der Waals surface area contributed by atoms with Gasteiger partial charge in [0.05, 0.1) is 0 Å². The third-order valence-corrected chi connectivity index (χ3v) is 3.07. The monoisotopic (exact) mass is 253 g/mol. The topological polar surface area (TPSA) is 44.5 Å². The highest BCUT2D eigenvalue weighted by Gasteiger charge is 2.16. The Kier molecular flexibility index (Phi) is 2.21. The van der Waals surface area contributed by atoms with Crippen LogP contribution in [0, 0.1) is 0 Å². The van der Waals surface area contributed by atoms with Crippen LogP contribution in [0.5, 0.6) is 11.5 Å². The average molecular weight is 253 g/mol. The van der Waals surface area contributed by atoms with Gasteiger partial charge in [0.1, 0.15) is 18.7 Å². The molecule has 19 heavy (non-hydrogen) atoms. The summed E-state index contributed by atoms with van der Waals surface area (Å²) in [6.07, 6.45) is 0. The molecule has 2 heterocycles. The van der Waals surface area contributed by atoms with Gasteiger partial charge in [-0.05, 0) is 12.1 Å². The van der Waals surface area contributed by atoms with Gasteiger partial charge in [-0.25, -0.2) is 4.98 Å². The molecule has 94 valence electrons. The van der Waals surface area contributed by atoms with Gasteiger partial charge in [-0.2, -0.15) is 0 Å². The van der Waals surface area contributed by atoms with Gasteiger partial charge in [-0.1, -0.05) is 18.2 Å². The Morgan fingerprint density at radius 3 is 2.42 bits per heavy atom. The number of hydrogen-bond donors (Lipinski definition) is 0. The molecule has 4 rings (SSSR count). The number of ether oxygens (including phenoxy) is 2. The Hall–Kier alpha value is -2.49. The van der Waals surface area contributed by atoms with Gasteiger partial charge in [0.2, 0.25) is 5.89 Å². The summed E-state index contributed by atoms with van der Waals surface area (Å²) < 4.78 is 16.8. The molecule has 0 radical (unpaired) electrons. The van der Waals surface area contributed by atoms with Crippen LogP contribution in [0.2, 0.25) is 0 Å². The van der Waals surface area contributed by atoms with Crippen LogP contribution in [0.4, 0.5) is 0 Å². The van der Waals surface area contributed by atoms with E-state index in [-0.39, 0.29) is 0 Å². The Labute approximate surface area is 109 Å². The minimum absolute atomic E-state index is 0.568. The number of hydrogen-bond acceptors (Lipinski definition) is 4. The van der Waals surface area contributed by atoms with Crippen molar-refractivity contribution in [2.75, 3.05) is 13.2 Å². The molecule has 0 unspecified atom stereocenters. The van der Waals surface area contributed by atoms with Crippen molar-refractivity contribution in [3.05, 3.63) is 42.5 Å². The van der Waals surface area contributed by atoms with Crippen LogP contribution in [-0.4, -0.2) is 18.2 Å². The van der Waals surface area contributed by atoms with Crippen molar-refractivity contribution in [2.24, 2.45) is 0 Å². The fourth-order valence-corrected chi connectivity index (χ4v) is 2.17. The molecular weight excluding hydrogens is 242 g/mol. The minimum Gasteiger partial charge on any atom is -0.486 e. The van der Waals surface area contributed by atoms with Crippen LogP contribution >= 0.6 is 0 Å². The second-order valence-corrected chi connectivity index (χ2v) is 4.35. The smallest absolute Gasteiger partial charge is 0.227 e. The van der Waals surface area contributed by atoms with Crippen molar-refractivity contribution in [2.45, 2.75) is 0 Å². The molecule has 0 spiro atoms. The lowest BCUT2D eigenvalue weighted by Crippen LogP contribution is -2.15. The maximum Gasteiger partial charge on any atom is 0.227 e. The molecule has 0 fully saturated rings. The third-order valence-electron chi connectivity index (χ3n) is 3.07. The van der Waals surface area contributed by atoms with E-state index in [4.69, 9.17) is 13.9 Å². The summed E-state index contributed by atoms with van der Waals surface area (Å²) in [5.41, 5.74) is 2.45. The Morgan fingerprint density at radius 1 is 0.895 bits per heavy atom. The molecular formula is C15H11NO3. The van der Waals surface area contributed by atoms with E-state index >= 15 is 0 Å². The first-order valence-electron chi connectivity index (χ1n) is 6.16. The minimum atomic E-state index is 0.568. The Morgan fingerprint density at radius 2 is 1.63 bits per heavy atom. The van der Waals surface area contributed by atoms with Crippen molar-refractivity contribution in [1.29, 1.82) is 0 Å². The Balaban J connectivity index is 1.87. The van der Waals surface area contributed by atoms with E-state index in [1.54, 1.807) is 0 Å². The lowest BCUT2D eigenvalue weighted by Gasteiger charge is -2.17. The fourth-order valence-electron chi connectivity index (χ4n) is 2.17. The lowest BCUT2D eigenvalue weighted by atomic mass is 10.2.